The van der Waals surface area contributed by atoms with E-state index in [9.17, 15) is 8.42 Å². The predicted octanol–water partition coefficient (Wildman–Crippen LogP) is 2.64. The molecule has 0 bridgehead atoms. The summed E-state index contributed by atoms with van der Waals surface area (Å²) in [5, 5.41) is 28.9. The first-order chi connectivity index (χ1) is 11.0. The molecule has 0 spiro atoms. The van der Waals surface area contributed by atoms with Crippen LogP contribution in [0.2, 0.25) is 0 Å². The molecule has 1 fully saturated rings. The van der Waals surface area contributed by atoms with Crippen molar-refractivity contribution in [2.75, 3.05) is 5.32 Å². The van der Waals surface area contributed by atoms with Gasteiger partial charge in [0.05, 0.1) is 10.1 Å². The minimum absolute atomic E-state index is 0.165. The van der Waals surface area contributed by atoms with Gasteiger partial charge in [0.1, 0.15) is 23.9 Å². The Labute approximate surface area is 135 Å². The molecule has 0 aromatic heterocycles. The lowest BCUT2D eigenvalue weighted by Crippen LogP contribution is -2.17. The minimum atomic E-state index is -3.32. The van der Waals surface area contributed by atoms with Crippen molar-refractivity contribution in [2.24, 2.45) is 0 Å². The lowest BCUT2D eigenvalue weighted by molar-refractivity contribution is 0.579. The number of rotatable bonds is 4. The zero-order chi connectivity index (χ0) is 16.9. The van der Waals surface area contributed by atoms with Crippen LogP contribution in [-0.2, 0) is 9.84 Å². The Morgan fingerprint density at radius 1 is 1.00 bits per heavy atom. The van der Waals surface area contributed by atoms with Crippen LogP contribution < -0.4 is 5.32 Å². The average molecular weight is 326 g/mol. The molecule has 1 N–H and O–H groups in total. The highest BCUT2D eigenvalue weighted by atomic mass is 32.2. The van der Waals surface area contributed by atoms with Gasteiger partial charge < -0.3 is 5.32 Å². The van der Waals surface area contributed by atoms with Crippen LogP contribution >= 0.6 is 0 Å². The summed E-state index contributed by atoms with van der Waals surface area (Å²) in [5.74, 6) is 0. The molecule has 0 unspecified atom stereocenters. The third-order valence-corrected chi connectivity index (χ3v) is 6.06. The van der Waals surface area contributed by atoms with Crippen molar-refractivity contribution in [2.45, 2.75) is 35.8 Å². The van der Waals surface area contributed by atoms with Crippen molar-refractivity contribution in [1.29, 1.82) is 15.8 Å². The molecule has 0 heterocycles. The van der Waals surface area contributed by atoms with Gasteiger partial charge in [-0.15, -0.1) is 0 Å². The summed E-state index contributed by atoms with van der Waals surface area (Å²) in [4.78, 5) is 0.248. The molecule has 23 heavy (non-hydrogen) atoms. The topological polar surface area (TPSA) is 118 Å². The van der Waals surface area contributed by atoms with E-state index in [0.717, 1.165) is 12.8 Å². The second-order valence-corrected chi connectivity index (χ2v) is 7.41. The summed E-state index contributed by atoms with van der Waals surface area (Å²) in [6.45, 7) is 0. The monoisotopic (exact) mass is 326 g/mol. The zero-order valence-electron chi connectivity index (χ0n) is 12.3. The molecule has 7 heteroatoms. The van der Waals surface area contributed by atoms with Crippen LogP contribution in [0, 0.1) is 34.0 Å². The Morgan fingerprint density at radius 2 is 1.57 bits per heavy atom. The molecule has 0 amide bonds. The molecule has 1 aliphatic rings. The summed E-state index contributed by atoms with van der Waals surface area (Å²) >= 11 is 0. The van der Waals surface area contributed by atoms with Crippen molar-refractivity contribution in [3.05, 3.63) is 35.5 Å². The number of sulfone groups is 1. The number of anilines is 1. The van der Waals surface area contributed by atoms with Crippen molar-refractivity contribution >= 4 is 15.5 Å². The molecule has 1 aliphatic carbocycles. The van der Waals surface area contributed by atoms with Crippen molar-refractivity contribution in [1.82, 2.24) is 0 Å². The second-order valence-electron chi connectivity index (χ2n) is 5.19. The van der Waals surface area contributed by atoms with E-state index in [2.05, 4.69) is 5.32 Å². The molecular formula is C16H14N4O2S. The van der Waals surface area contributed by atoms with Gasteiger partial charge in [-0.1, -0.05) is 12.8 Å². The molecule has 0 radical (unpaired) electrons. The summed E-state index contributed by atoms with van der Waals surface area (Å²) < 4.78 is 24.9. The number of nitrogens with one attached hydrogen (secondary N) is 1. The Hall–Kier alpha value is -2.82. The highest BCUT2D eigenvalue weighted by molar-refractivity contribution is 7.92. The van der Waals surface area contributed by atoms with Gasteiger partial charge in [-0.05, 0) is 37.1 Å². The van der Waals surface area contributed by atoms with E-state index in [-0.39, 0.29) is 21.4 Å². The molecule has 116 valence electrons. The predicted molar refractivity (Wildman–Crippen MR) is 83.4 cm³/mol. The van der Waals surface area contributed by atoms with Crippen LogP contribution in [0.3, 0.4) is 0 Å². The highest BCUT2D eigenvalue weighted by Crippen LogP contribution is 2.30. The molecule has 1 aromatic carbocycles. The smallest absolute Gasteiger partial charge is 0.181 e. The van der Waals surface area contributed by atoms with Crippen LogP contribution in [0.5, 0.6) is 0 Å². The van der Waals surface area contributed by atoms with Crippen LogP contribution in [0.1, 0.15) is 25.7 Å². The Morgan fingerprint density at radius 3 is 2.04 bits per heavy atom. The lowest BCUT2D eigenvalue weighted by Gasteiger charge is -2.12. The molecule has 6 nitrogen and oxygen atoms in total. The Bertz CT molecular complexity index is 827. The minimum Gasteiger partial charge on any atom is -0.345 e. The maximum atomic E-state index is 12.5. The standard InChI is InChI=1S/C16H14N4O2S/c17-9-12(10-18)16(11-19)20-13-5-7-15(8-6-13)23(21,22)14-3-1-2-4-14/h5-8,14,20H,1-4H2. The second kappa shape index (κ2) is 6.96. The lowest BCUT2D eigenvalue weighted by atomic mass is 10.2. The first kappa shape index (κ1) is 16.5. The van der Waals surface area contributed by atoms with Gasteiger partial charge in [-0.25, -0.2) is 8.42 Å². The SMILES string of the molecule is N#CC(C#N)=C(C#N)Nc1ccc(S(=O)(=O)C2CCCC2)cc1. The number of hydrogen-bond acceptors (Lipinski definition) is 6. The fraction of sp³-hybridized carbons (Fsp3) is 0.312. The molecule has 1 saturated carbocycles. The van der Waals surface area contributed by atoms with E-state index in [4.69, 9.17) is 15.8 Å². The van der Waals surface area contributed by atoms with Crippen LogP contribution in [0.4, 0.5) is 5.69 Å². The van der Waals surface area contributed by atoms with Gasteiger partial charge in [0.15, 0.2) is 15.4 Å². The van der Waals surface area contributed by atoms with Crippen LogP contribution in [0.25, 0.3) is 0 Å². The normalized spacial score (nSPS) is 14.3. The van der Waals surface area contributed by atoms with Crippen molar-refractivity contribution < 1.29 is 8.42 Å². The fourth-order valence-electron chi connectivity index (χ4n) is 2.55. The van der Waals surface area contributed by atoms with E-state index in [1.165, 1.54) is 24.3 Å². The number of hydrogen-bond donors (Lipinski definition) is 1. The summed E-state index contributed by atoms with van der Waals surface area (Å²) in [5.41, 5.74) is -0.0496. The van der Waals surface area contributed by atoms with E-state index in [1.54, 1.807) is 18.2 Å². The number of nitrogens with zero attached hydrogens (tertiary/aromatic N) is 3. The van der Waals surface area contributed by atoms with Gasteiger partial charge in [0, 0.05) is 5.69 Å². The van der Waals surface area contributed by atoms with Crippen molar-refractivity contribution in [3.63, 3.8) is 0 Å². The van der Waals surface area contributed by atoms with Gasteiger partial charge >= 0.3 is 0 Å². The molecular weight excluding hydrogens is 312 g/mol. The van der Waals surface area contributed by atoms with E-state index < -0.39 is 9.84 Å². The van der Waals surface area contributed by atoms with Gasteiger partial charge in [-0.2, -0.15) is 15.8 Å². The summed E-state index contributed by atoms with van der Waals surface area (Å²) in [6, 6.07) is 11.0. The molecule has 0 atom stereocenters. The first-order valence-electron chi connectivity index (χ1n) is 7.08. The summed E-state index contributed by atoms with van der Waals surface area (Å²) in [6.07, 6.45) is 3.25. The largest absolute Gasteiger partial charge is 0.345 e. The zero-order valence-corrected chi connectivity index (χ0v) is 13.1. The molecule has 2 rings (SSSR count). The van der Waals surface area contributed by atoms with Crippen molar-refractivity contribution in [3.8, 4) is 18.2 Å². The number of allylic oxidation sites excluding steroid dienone is 2. The fourth-order valence-corrected chi connectivity index (χ4v) is 4.40. The molecule has 1 aromatic rings. The van der Waals surface area contributed by atoms with Crippen LogP contribution in [-0.4, -0.2) is 13.7 Å². The Balaban J connectivity index is 2.24. The number of nitriles is 3. The van der Waals surface area contributed by atoms with E-state index in [1.807, 2.05) is 0 Å². The van der Waals surface area contributed by atoms with E-state index >= 15 is 0 Å². The molecule has 0 saturated heterocycles. The quantitative estimate of drug-likeness (QED) is 0.850. The Kier molecular flexibility index (Phi) is 5.01. The van der Waals surface area contributed by atoms with E-state index in [0.29, 0.717) is 18.5 Å². The number of benzene rings is 1. The third kappa shape index (κ3) is 3.51. The first-order valence-corrected chi connectivity index (χ1v) is 8.63. The third-order valence-electron chi connectivity index (χ3n) is 3.78. The molecule has 0 aliphatic heterocycles. The maximum absolute atomic E-state index is 12.5. The van der Waals surface area contributed by atoms with Gasteiger partial charge in [-0.3, -0.25) is 0 Å². The van der Waals surface area contributed by atoms with Gasteiger partial charge in [0.25, 0.3) is 0 Å². The summed E-state index contributed by atoms with van der Waals surface area (Å²) in [7, 11) is -3.32. The average Bonchev–Trinajstić information content (AvgIpc) is 3.10. The van der Waals surface area contributed by atoms with Crippen LogP contribution in [0.15, 0.2) is 40.4 Å². The van der Waals surface area contributed by atoms with Gasteiger partial charge in [0.2, 0.25) is 0 Å². The highest BCUT2D eigenvalue weighted by Gasteiger charge is 2.30. The maximum Gasteiger partial charge on any atom is 0.181 e.